The molecule has 68 valence electrons. The minimum Gasteiger partial charge on any atom is -0.481 e. The average Bonchev–Trinajstić information content (AvgIpc) is 2.05. The molecule has 1 N–H and O–H groups in total. The van der Waals surface area contributed by atoms with Crippen molar-refractivity contribution in [3.8, 4) is 0 Å². The van der Waals surface area contributed by atoms with Gasteiger partial charge in [-0.25, -0.2) is 0 Å². The fourth-order valence-electron chi connectivity index (χ4n) is 2.60. The van der Waals surface area contributed by atoms with Gasteiger partial charge in [-0.3, -0.25) is 4.79 Å². The fourth-order valence-corrected chi connectivity index (χ4v) is 3.75. The minimum atomic E-state index is -0.579. The highest BCUT2D eigenvalue weighted by Gasteiger charge is 2.49. The zero-order valence-corrected chi connectivity index (χ0v) is 8.51. The van der Waals surface area contributed by atoms with E-state index in [0.717, 1.165) is 38.0 Å². The predicted molar refractivity (Wildman–Crippen MR) is 49.4 cm³/mol. The van der Waals surface area contributed by atoms with Crippen molar-refractivity contribution in [2.24, 2.45) is 11.3 Å². The molecule has 3 heteroatoms. The second-order valence-corrected chi connectivity index (χ2v) is 5.32. The number of carboxylic acid groups (broad SMARTS) is 1. The third kappa shape index (κ3) is 1.10. The first-order valence-corrected chi connectivity index (χ1v) is 5.43. The normalized spacial score (nSPS) is 46.1. The van der Waals surface area contributed by atoms with Gasteiger partial charge in [-0.2, -0.15) is 0 Å². The van der Waals surface area contributed by atoms with E-state index in [1.165, 1.54) is 0 Å². The van der Waals surface area contributed by atoms with Gasteiger partial charge in [0.1, 0.15) is 0 Å². The number of fused-ring (bicyclic) bond motifs is 3. The molecule has 3 aliphatic carbocycles. The lowest BCUT2D eigenvalue weighted by molar-refractivity contribution is -0.154. The van der Waals surface area contributed by atoms with Crippen molar-refractivity contribution >= 4 is 21.9 Å². The number of halogens is 1. The van der Waals surface area contributed by atoms with Crippen LogP contribution in [0, 0.1) is 11.3 Å². The summed E-state index contributed by atoms with van der Waals surface area (Å²) in [6.07, 6.45) is 4.83. The van der Waals surface area contributed by atoms with Gasteiger partial charge in [0, 0.05) is 4.83 Å². The molecule has 12 heavy (non-hydrogen) atoms. The summed E-state index contributed by atoms with van der Waals surface area (Å²) in [5.74, 6) is 0.163. The van der Waals surface area contributed by atoms with E-state index in [-0.39, 0.29) is 5.41 Å². The molecule has 0 aromatic carbocycles. The third-order valence-corrected chi connectivity index (χ3v) is 4.61. The molecule has 0 aromatic heterocycles. The van der Waals surface area contributed by atoms with E-state index in [0.29, 0.717) is 4.83 Å². The Bertz CT molecular complexity index is 207. The van der Waals surface area contributed by atoms with Crippen LogP contribution in [0.25, 0.3) is 0 Å². The van der Waals surface area contributed by atoms with Gasteiger partial charge in [-0.15, -0.1) is 0 Å². The summed E-state index contributed by atoms with van der Waals surface area (Å²) in [5, 5.41) is 9.11. The number of alkyl halides is 1. The van der Waals surface area contributed by atoms with Crippen molar-refractivity contribution in [2.75, 3.05) is 0 Å². The Labute approximate surface area is 80.5 Å². The zero-order chi connectivity index (χ0) is 8.77. The van der Waals surface area contributed by atoms with Gasteiger partial charge in [0.05, 0.1) is 5.41 Å². The van der Waals surface area contributed by atoms with Crippen molar-refractivity contribution in [1.82, 2.24) is 0 Å². The first kappa shape index (κ1) is 8.54. The van der Waals surface area contributed by atoms with Crippen LogP contribution in [0.1, 0.15) is 32.1 Å². The van der Waals surface area contributed by atoms with E-state index in [9.17, 15) is 4.79 Å². The molecule has 0 spiro atoms. The molecule has 0 radical (unpaired) electrons. The van der Waals surface area contributed by atoms with Crippen molar-refractivity contribution in [3.05, 3.63) is 0 Å². The summed E-state index contributed by atoms with van der Waals surface area (Å²) in [4.78, 5) is 11.5. The van der Waals surface area contributed by atoms with E-state index in [4.69, 9.17) is 5.11 Å². The van der Waals surface area contributed by atoms with E-state index >= 15 is 0 Å². The smallest absolute Gasteiger partial charge is 0.309 e. The number of rotatable bonds is 1. The Kier molecular flexibility index (Phi) is 1.94. The van der Waals surface area contributed by atoms with Crippen molar-refractivity contribution < 1.29 is 9.90 Å². The van der Waals surface area contributed by atoms with Crippen LogP contribution in [0.3, 0.4) is 0 Å². The van der Waals surface area contributed by atoms with Crippen LogP contribution in [0.5, 0.6) is 0 Å². The quantitative estimate of drug-likeness (QED) is 0.706. The second kappa shape index (κ2) is 2.72. The molecule has 0 heterocycles. The van der Waals surface area contributed by atoms with Crippen LogP contribution >= 0.6 is 15.9 Å². The zero-order valence-electron chi connectivity index (χ0n) is 6.92. The van der Waals surface area contributed by atoms with E-state index < -0.39 is 5.97 Å². The van der Waals surface area contributed by atoms with E-state index in [1.807, 2.05) is 0 Å². The summed E-state index contributed by atoms with van der Waals surface area (Å²) in [5.41, 5.74) is -0.372. The lowest BCUT2D eigenvalue weighted by atomic mass is 9.61. The number of aliphatic carboxylic acids is 1. The summed E-state index contributed by atoms with van der Waals surface area (Å²) >= 11 is 3.59. The van der Waals surface area contributed by atoms with Gasteiger partial charge < -0.3 is 5.11 Å². The van der Waals surface area contributed by atoms with Crippen LogP contribution in [-0.4, -0.2) is 15.9 Å². The minimum absolute atomic E-state index is 0.372. The van der Waals surface area contributed by atoms with Crippen LogP contribution in [-0.2, 0) is 4.79 Å². The molecule has 2 bridgehead atoms. The maximum Gasteiger partial charge on any atom is 0.309 e. The maximum absolute atomic E-state index is 11.1. The highest BCUT2D eigenvalue weighted by Crippen LogP contribution is 2.52. The molecule has 3 aliphatic rings. The van der Waals surface area contributed by atoms with E-state index in [2.05, 4.69) is 15.9 Å². The Morgan fingerprint density at radius 2 is 2.00 bits per heavy atom. The highest BCUT2D eigenvalue weighted by atomic mass is 79.9. The largest absolute Gasteiger partial charge is 0.481 e. The van der Waals surface area contributed by atoms with Crippen LogP contribution in [0.4, 0.5) is 0 Å². The van der Waals surface area contributed by atoms with Gasteiger partial charge in [0.25, 0.3) is 0 Å². The summed E-state index contributed by atoms with van der Waals surface area (Å²) in [6, 6.07) is 0. The van der Waals surface area contributed by atoms with Crippen LogP contribution < -0.4 is 0 Å². The molecule has 2 nitrogen and oxygen atoms in total. The first-order chi connectivity index (χ1) is 5.64. The fraction of sp³-hybridized carbons (Fsp3) is 0.889. The number of carbonyl (C=O) groups is 1. The Morgan fingerprint density at radius 3 is 2.33 bits per heavy atom. The lowest BCUT2D eigenvalue weighted by Crippen LogP contribution is -2.45. The number of carboxylic acids is 1. The SMILES string of the molecule is O=C(O)C12CCC(CC1)C(Br)C2. The molecule has 0 amide bonds. The average molecular weight is 233 g/mol. The van der Waals surface area contributed by atoms with Gasteiger partial charge >= 0.3 is 5.97 Å². The molecule has 3 rings (SSSR count). The highest BCUT2D eigenvalue weighted by molar-refractivity contribution is 9.09. The standard InChI is InChI=1S/C9H13BrO2/c10-7-5-9(8(11)12)3-1-6(7)2-4-9/h6-7H,1-5H2,(H,11,12). The van der Waals surface area contributed by atoms with Crippen molar-refractivity contribution in [3.63, 3.8) is 0 Å². The van der Waals surface area contributed by atoms with Gasteiger partial charge in [-0.05, 0) is 38.0 Å². The molecule has 3 fully saturated rings. The topological polar surface area (TPSA) is 37.3 Å². The van der Waals surface area contributed by atoms with E-state index in [1.54, 1.807) is 0 Å². The molecule has 1 atom stereocenters. The number of hydrogen-bond acceptors (Lipinski definition) is 1. The van der Waals surface area contributed by atoms with Crippen LogP contribution in [0.15, 0.2) is 0 Å². The maximum atomic E-state index is 11.1. The van der Waals surface area contributed by atoms with Gasteiger partial charge in [0.2, 0.25) is 0 Å². The summed E-state index contributed by atoms with van der Waals surface area (Å²) in [7, 11) is 0. The second-order valence-electron chi connectivity index (χ2n) is 4.14. The summed E-state index contributed by atoms with van der Waals surface area (Å²) in [6.45, 7) is 0. The first-order valence-electron chi connectivity index (χ1n) is 4.51. The van der Waals surface area contributed by atoms with Gasteiger partial charge in [-0.1, -0.05) is 15.9 Å². The summed E-state index contributed by atoms with van der Waals surface area (Å²) < 4.78 is 0. The van der Waals surface area contributed by atoms with Crippen LogP contribution in [0.2, 0.25) is 0 Å². The molecular weight excluding hydrogens is 220 g/mol. The molecule has 0 aliphatic heterocycles. The molecule has 3 saturated carbocycles. The molecule has 1 unspecified atom stereocenters. The molecule has 0 saturated heterocycles. The monoisotopic (exact) mass is 232 g/mol. The Balaban J connectivity index is 2.21. The third-order valence-electron chi connectivity index (χ3n) is 3.54. The lowest BCUT2D eigenvalue weighted by Gasteiger charge is -2.46. The van der Waals surface area contributed by atoms with Gasteiger partial charge in [0.15, 0.2) is 0 Å². The van der Waals surface area contributed by atoms with Crippen molar-refractivity contribution in [1.29, 1.82) is 0 Å². The predicted octanol–water partition coefficient (Wildman–Crippen LogP) is 2.41. The Morgan fingerprint density at radius 1 is 1.42 bits per heavy atom. The Hall–Kier alpha value is -0.0500. The van der Waals surface area contributed by atoms with Crippen molar-refractivity contribution in [2.45, 2.75) is 36.9 Å². The number of hydrogen-bond donors (Lipinski definition) is 1. The molecule has 0 aromatic rings. The molecular formula is C9H13BrO2.